The molecule has 0 aromatic rings. The van der Waals surface area contributed by atoms with Gasteiger partial charge in [-0.2, -0.15) is 0 Å². The van der Waals surface area contributed by atoms with Gasteiger partial charge in [0.25, 0.3) is 0 Å². The van der Waals surface area contributed by atoms with Crippen LogP contribution in [0, 0.1) is 0 Å². The highest BCUT2D eigenvalue weighted by Crippen LogP contribution is 2.49. The van der Waals surface area contributed by atoms with E-state index in [0.717, 1.165) is 0 Å². The largest absolute Gasteiger partial charge is 0.528 e. The zero-order valence-electron chi connectivity index (χ0n) is 13.0. The number of hydrogen-bond donors (Lipinski definition) is 0. The summed E-state index contributed by atoms with van der Waals surface area (Å²) in [7, 11) is -6.61. The number of rotatable bonds is 13. The molecule has 0 aromatic carbocycles. The molecule has 0 atom stereocenters. The fourth-order valence-corrected chi connectivity index (χ4v) is 5.44. The normalized spacial score (nSPS) is 12.8. The van der Waals surface area contributed by atoms with Crippen molar-refractivity contribution in [1.82, 2.24) is 0 Å². The van der Waals surface area contributed by atoms with Crippen molar-refractivity contribution in [3.63, 3.8) is 0 Å². The van der Waals surface area contributed by atoms with E-state index in [9.17, 15) is 4.57 Å². The van der Waals surface area contributed by atoms with Crippen LogP contribution in [-0.2, 0) is 31.4 Å². The fourth-order valence-electron chi connectivity index (χ4n) is 1.50. The Labute approximate surface area is 122 Å². The summed E-state index contributed by atoms with van der Waals surface area (Å²) in [6, 6.07) is 0. The van der Waals surface area contributed by atoms with E-state index in [1.54, 1.807) is 13.8 Å². The van der Waals surface area contributed by atoms with Gasteiger partial charge in [0.2, 0.25) is 0 Å². The summed E-state index contributed by atoms with van der Waals surface area (Å²) in [5, 5.41) is 0. The maximum atomic E-state index is 12.3. The van der Waals surface area contributed by atoms with Gasteiger partial charge in [-0.1, -0.05) is 0 Å². The molecule has 0 fully saturated rings. The summed E-state index contributed by atoms with van der Waals surface area (Å²) in [5.41, 5.74) is 0. The lowest BCUT2D eigenvalue weighted by molar-refractivity contribution is 0.0423. The van der Waals surface area contributed by atoms with Gasteiger partial charge in [0.15, 0.2) is 0 Å². The Morgan fingerprint density at radius 3 is 1.40 bits per heavy atom. The molecular formula is C11H27O7PSi. The molecule has 20 heavy (non-hydrogen) atoms. The highest BCUT2D eigenvalue weighted by molar-refractivity contribution is 7.48. The topological polar surface area (TPSA) is 72.5 Å². The first-order valence-corrected chi connectivity index (χ1v) is 10.4. The smallest absolute Gasteiger partial charge is 0.372 e. The SMILES string of the molecule is CCO[Si](COP(=O)(OCC)OCC)(OCC)OCC. The zero-order valence-corrected chi connectivity index (χ0v) is 14.9. The van der Waals surface area contributed by atoms with E-state index in [1.807, 2.05) is 20.8 Å². The first-order valence-electron chi connectivity index (χ1n) is 6.96. The van der Waals surface area contributed by atoms with Crippen LogP contribution in [-0.4, -0.2) is 48.1 Å². The summed E-state index contributed by atoms with van der Waals surface area (Å²) in [6.07, 6.45) is -0.0696. The van der Waals surface area contributed by atoms with E-state index in [-0.39, 0.29) is 19.4 Å². The average Bonchev–Trinajstić information content (AvgIpc) is 2.38. The molecule has 0 saturated carbocycles. The summed E-state index contributed by atoms with van der Waals surface area (Å²) in [4.78, 5) is 0. The summed E-state index contributed by atoms with van der Waals surface area (Å²) in [5.74, 6) is 0. The van der Waals surface area contributed by atoms with E-state index in [2.05, 4.69) is 0 Å². The Balaban J connectivity index is 4.81. The van der Waals surface area contributed by atoms with E-state index in [1.165, 1.54) is 0 Å². The van der Waals surface area contributed by atoms with Gasteiger partial charge in [-0.25, -0.2) is 4.57 Å². The van der Waals surface area contributed by atoms with Crippen LogP contribution in [0.5, 0.6) is 0 Å². The predicted octanol–water partition coefficient (Wildman–Crippen LogP) is 2.77. The van der Waals surface area contributed by atoms with Crippen LogP contribution in [0.3, 0.4) is 0 Å². The van der Waals surface area contributed by atoms with Crippen LogP contribution in [0.15, 0.2) is 0 Å². The molecule has 0 amide bonds. The van der Waals surface area contributed by atoms with Crippen molar-refractivity contribution in [3.05, 3.63) is 0 Å². The van der Waals surface area contributed by atoms with Crippen LogP contribution in [0.4, 0.5) is 0 Å². The number of phosphoric ester groups is 1. The van der Waals surface area contributed by atoms with E-state index < -0.39 is 16.6 Å². The van der Waals surface area contributed by atoms with Gasteiger partial charge < -0.3 is 13.3 Å². The van der Waals surface area contributed by atoms with Crippen molar-refractivity contribution in [2.24, 2.45) is 0 Å². The van der Waals surface area contributed by atoms with Crippen molar-refractivity contribution in [3.8, 4) is 0 Å². The maximum Gasteiger partial charge on any atom is 0.528 e. The number of phosphoric acid groups is 1. The monoisotopic (exact) mass is 330 g/mol. The van der Waals surface area contributed by atoms with E-state index >= 15 is 0 Å². The van der Waals surface area contributed by atoms with Crippen LogP contribution >= 0.6 is 7.82 Å². The summed E-state index contributed by atoms with van der Waals surface area (Å²) < 4.78 is 44.5. The average molecular weight is 330 g/mol. The van der Waals surface area contributed by atoms with Gasteiger partial charge in [0, 0.05) is 19.8 Å². The Hall–Kier alpha value is 0.207. The van der Waals surface area contributed by atoms with Crippen LogP contribution in [0.1, 0.15) is 34.6 Å². The molecule has 0 aliphatic rings. The zero-order chi connectivity index (χ0) is 15.5. The third-order valence-corrected chi connectivity index (χ3v) is 6.59. The highest BCUT2D eigenvalue weighted by atomic mass is 31.2. The molecule has 0 unspecified atom stereocenters. The molecule has 0 aliphatic carbocycles. The standard InChI is InChI=1S/C11H27O7PSi/c1-6-13-19(12,14-7-2)15-11-20(16-8-3,17-9-4)18-10-5/h6-11H2,1-5H3. The summed E-state index contributed by atoms with van der Waals surface area (Å²) in [6.45, 7) is 10.7. The van der Waals surface area contributed by atoms with Gasteiger partial charge >= 0.3 is 16.6 Å². The Kier molecular flexibility index (Phi) is 11.0. The minimum absolute atomic E-state index is 0.0696. The lowest BCUT2D eigenvalue weighted by Gasteiger charge is -2.29. The summed E-state index contributed by atoms with van der Waals surface area (Å²) >= 11 is 0. The van der Waals surface area contributed by atoms with Gasteiger partial charge in [0.1, 0.15) is 6.23 Å². The molecule has 0 heterocycles. The Morgan fingerprint density at radius 1 is 0.700 bits per heavy atom. The van der Waals surface area contributed by atoms with Gasteiger partial charge in [0.05, 0.1) is 13.2 Å². The van der Waals surface area contributed by atoms with Gasteiger partial charge in [-0.05, 0) is 34.6 Å². The first kappa shape index (κ1) is 20.2. The van der Waals surface area contributed by atoms with E-state index in [4.69, 9.17) is 26.8 Å². The molecule has 0 bridgehead atoms. The van der Waals surface area contributed by atoms with Gasteiger partial charge in [-0.15, -0.1) is 0 Å². The first-order chi connectivity index (χ1) is 9.51. The highest BCUT2D eigenvalue weighted by Gasteiger charge is 2.44. The molecule has 9 heteroatoms. The molecule has 0 spiro atoms. The molecular weight excluding hydrogens is 303 g/mol. The van der Waals surface area contributed by atoms with Crippen LogP contribution in [0.2, 0.25) is 0 Å². The van der Waals surface area contributed by atoms with Crippen LogP contribution < -0.4 is 0 Å². The molecule has 0 aliphatic heterocycles. The second-order valence-corrected chi connectivity index (χ2v) is 7.73. The molecule has 7 nitrogen and oxygen atoms in total. The Bertz CT molecular complexity index is 263. The fraction of sp³-hybridized carbons (Fsp3) is 1.00. The lowest BCUT2D eigenvalue weighted by atomic mass is 10.9. The quantitative estimate of drug-likeness (QED) is 0.380. The molecule has 0 radical (unpaired) electrons. The second kappa shape index (κ2) is 10.9. The van der Waals surface area contributed by atoms with Crippen molar-refractivity contribution in [1.29, 1.82) is 0 Å². The van der Waals surface area contributed by atoms with Crippen molar-refractivity contribution in [2.75, 3.05) is 39.3 Å². The van der Waals surface area contributed by atoms with Crippen LogP contribution in [0.25, 0.3) is 0 Å². The third-order valence-electron chi connectivity index (χ3n) is 2.07. The molecule has 122 valence electrons. The molecule has 0 aromatic heterocycles. The van der Waals surface area contributed by atoms with Gasteiger partial charge in [-0.3, -0.25) is 13.6 Å². The lowest BCUT2D eigenvalue weighted by Crippen LogP contribution is -2.50. The Morgan fingerprint density at radius 2 is 1.10 bits per heavy atom. The molecule has 0 N–H and O–H groups in total. The minimum atomic E-state index is -3.59. The third kappa shape index (κ3) is 7.28. The molecule has 0 saturated heterocycles. The minimum Gasteiger partial charge on any atom is -0.372 e. The van der Waals surface area contributed by atoms with Crippen molar-refractivity contribution in [2.45, 2.75) is 34.6 Å². The predicted molar refractivity (Wildman–Crippen MR) is 77.4 cm³/mol. The number of hydrogen-bond acceptors (Lipinski definition) is 7. The van der Waals surface area contributed by atoms with Crippen molar-refractivity contribution >= 4 is 16.6 Å². The van der Waals surface area contributed by atoms with E-state index in [0.29, 0.717) is 19.8 Å². The second-order valence-electron chi connectivity index (χ2n) is 3.54. The maximum absolute atomic E-state index is 12.3. The van der Waals surface area contributed by atoms with Crippen molar-refractivity contribution < 1.29 is 31.4 Å². The molecule has 0 rings (SSSR count).